The third kappa shape index (κ3) is 5.73. The number of carbonyl (C=O) groups excluding carboxylic acids is 2. The predicted molar refractivity (Wildman–Crippen MR) is 171 cm³/mol. The van der Waals surface area contributed by atoms with Gasteiger partial charge in [0.25, 0.3) is 11.8 Å². The number of hydrogen-bond donors (Lipinski definition) is 3. The molecule has 3 aliphatic rings. The van der Waals surface area contributed by atoms with Gasteiger partial charge in [0, 0.05) is 43.5 Å². The Morgan fingerprint density at radius 2 is 1.57 bits per heavy atom. The number of rotatable bonds is 7. The van der Waals surface area contributed by atoms with Crippen molar-refractivity contribution in [2.75, 3.05) is 50.0 Å². The fraction of sp³-hybridized carbons (Fsp3) is 0.343. The van der Waals surface area contributed by atoms with Gasteiger partial charge in [-0.1, -0.05) is 30.3 Å². The summed E-state index contributed by atoms with van der Waals surface area (Å²) < 4.78 is 0. The van der Waals surface area contributed by atoms with Crippen LogP contribution in [-0.4, -0.2) is 83.2 Å². The molecule has 228 valence electrons. The lowest BCUT2D eigenvalue weighted by molar-refractivity contribution is -0.112. The standard InChI is InChI=1S/C35H38N4O5/c1-23-20-28-29(21-27(23)34(42)43)37(2)33(41)30(28)31(24-8-4-3-5-9-24)36-26-12-10-25(11-13-26)32(40)39-18-14-35(44,15-19-39)22-38-16-6-7-17-38/h3-5,8-13,20-21,36,44H,6-7,14-19,22H2,1-2H3,(H,42,43). The molecule has 9 nitrogen and oxygen atoms in total. The summed E-state index contributed by atoms with van der Waals surface area (Å²) in [5.74, 6) is -1.34. The minimum atomic E-state index is -1.04. The highest BCUT2D eigenvalue weighted by Crippen LogP contribution is 2.42. The van der Waals surface area contributed by atoms with Gasteiger partial charge in [0.05, 0.1) is 28.1 Å². The van der Waals surface area contributed by atoms with Crippen LogP contribution in [0.4, 0.5) is 11.4 Å². The summed E-state index contributed by atoms with van der Waals surface area (Å²) in [5, 5.41) is 24.2. The van der Waals surface area contributed by atoms with Crippen molar-refractivity contribution in [2.24, 2.45) is 0 Å². The number of aliphatic hydroxyl groups is 1. The van der Waals surface area contributed by atoms with Gasteiger partial charge in [0.1, 0.15) is 0 Å². The first kappa shape index (κ1) is 29.6. The number of nitrogens with one attached hydrogen (secondary N) is 1. The fourth-order valence-electron chi connectivity index (χ4n) is 6.59. The molecule has 3 N–H and O–H groups in total. The number of hydrogen-bond acceptors (Lipinski definition) is 6. The number of nitrogens with zero attached hydrogens (tertiary/aromatic N) is 3. The van der Waals surface area contributed by atoms with Gasteiger partial charge in [-0.3, -0.25) is 9.59 Å². The van der Waals surface area contributed by atoms with Gasteiger partial charge in [-0.05, 0) is 93.2 Å². The van der Waals surface area contributed by atoms with E-state index in [0.717, 1.165) is 18.7 Å². The summed E-state index contributed by atoms with van der Waals surface area (Å²) in [6, 6.07) is 20.0. The van der Waals surface area contributed by atoms with Gasteiger partial charge in [-0.15, -0.1) is 0 Å². The van der Waals surface area contributed by atoms with Gasteiger partial charge in [0.2, 0.25) is 0 Å². The maximum Gasteiger partial charge on any atom is 0.336 e. The second-order valence-corrected chi connectivity index (χ2v) is 12.2. The number of likely N-dealkylation sites (N-methyl/N-ethyl adjacent to an activating group) is 1. The number of fused-ring (bicyclic) bond motifs is 1. The van der Waals surface area contributed by atoms with Crippen LogP contribution >= 0.6 is 0 Å². The number of carbonyl (C=O) groups is 3. The molecule has 3 heterocycles. The van der Waals surface area contributed by atoms with Crippen molar-refractivity contribution in [3.05, 3.63) is 94.5 Å². The smallest absolute Gasteiger partial charge is 0.336 e. The number of aromatic carboxylic acids is 1. The summed E-state index contributed by atoms with van der Waals surface area (Å²) >= 11 is 0. The molecule has 0 spiro atoms. The van der Waals surface area contributed by atoms with Crippen molar-refractivity contribution < 1.29 is 24.6 Å². The number of piperidine rings is 1. The van der Waals surface area contributed by atoms with Crippen LogP contribution in [0.25, 0.3) is 11.3 Å². The van der Waals surface area contributed by atoms with Gasteiger partial charge in [-0.25, -0.2) is 4.79 Å². The number of anilines is 2. The van der Waals surface area contributed by atoms with Crippen LogP contribution in [0.3, 0.4) is 0 Å². The van der Waals surface area contributed by atoms with Gasteiger partial charge in [-0.2, -0.15) is 0 Å². The Balaban J connectivity index is 1.24. The minimum Gasteiger partial charge on any atom is -0.478 e. The molecule has 0 aliphatic carbocycles. The molecule has 2 fully saturated rings. The number of carboxylic acid groups (broad SMARTS) is 1. The monoisotopic (exact) mass is 594 g/mol. The van der Waals surface area contributed by atoms with Crippen molar-refractivity contribution >= 4 is 40.4 Å². The minimum absolute atomic E-state index is 0.0624. The third-order valence-corrected chi connectivity index (χ3v) is 9.13. The molecular weight excluding hydrogens is 556 g/mol. The molecule has 0 atom stereocenters. The third-order valence-electron chi connectivity index (χ3n) is 9.13. The lowest BCUT2D eigenvalue weighted by Gasteiger charge is -2.40. The van der Waals surface area contributed by atoms with Crippen LogP contribution < -0.4 is 10.2 Å². The molecule has 0 radical (unpaired) electrons. The van der Waals surface area contributed by atoms with Crippen LogP contribution in [0.15, 0.2) is 66.7 Å². The molecule has 3 aliphatic heterocycles. The summed E-state index contributed by atoms with van der Waals surface area (Å²) in [6.07, 6.45) is 3.51. The first-order valence-corrected chi connectivity index (χ1v) is 15.2. The summed E-state index contributed by atoms with van der Waals surface area (Å²) in [6.45, 7) is 5.52. The second kappa shape index (κ2) is 11.9. The highest BCUT2D eigenvalue weighted by molar-refractivity contribution is 6.38. The molecule has 2 saturated heterocycles. The Kier molecular flexibility index (Phi) is 8.00. The molecular formula is C35H38N4O5. The molecule has 0 saturated carbocycles. The van der Waals surface area contributed by atoms with E-state index in [2.05, 4.69) is 10.2 Å². The maximum absolute atomic E-state index is 13.6. The highest BCUT2D eigenvalue weighted by atomic mass is 16.4. The van der Waals surface area contributed by atoms with Crippen LogP contribution in [0.5, 0.6) is 0 Å². The van der Waals surface area contributed by atoms with E-state index in [1.54, 1.807) is 38.2 Å². The Labute approximate surface area is 257 Å². The van der Waals surface area contributed by atoms with Crippen LogP contribution in [-0.2, 0) is 4.79 Å². The van der Waals surface area contributed by atoms with Crippen LogP contribution in [0.2, 0.25) is 0 Å². The Morgan fingerprint density at radius 1 is 0.909 bits per heavy atom. The Hall–Kier alpha value is -4.47. The highest BCUT2D eigenvalue weighted by Gasteiger charge is 2.37. The normalized spacial score (nSPS) is 19.2. The van der Waals surface area contributed by atoms with Crippen molar-refractivity contribution in [2.45, 2.75) is 38.2 Å². The average molecular weight is 595 g/mol. The predicted octanol–water partition coefficient (Wildman–Crippen LogP) is 4.71. The van der Waals surface area contributed by atoms with Crippen LogP contribution in [0, 0.1) is 6.92 Å². The van der Waals surface area contributed by atoms with Crippen LogP contribution in [0.1, 0.15) is 63.1 Å². The van der Waals surface area contributed by atoms with E-state index in [4.69, 9.17) is 0 Å². The molecule has 3 aromatic carbocycles. The number of aryl methyl sites for hydroxylation is 1. The van der Waals surface area contributed by atoms with E-state index in [9.17, 15) is 24.6 Å². The summed E-state index contributed by atoms with van der Waals surface area (Å²) in [4.78, 5) is 44.4. The largest absolute Gasteiger partial charge is 0.478 e. The zero-order valence-corrected chi connectivity index (χ0v) is 25.2. The molecule has 3 aromatic rings. The van der Waals surface area contributed by atoms with E-state index >= 15 is 0 Å². The topological polar surface area (TPSA) is 113 Å². The maximum atomic E-state index is 13.6. The molecule has 0 unspecified atom stereocenters. The van der Waals surface area contributed by atoms with E-state index in [1.807, 2.05) is 47.4 Å². The quantitative estimate of drug-likeness (QED) is 0.340. The SMILES string of the molecule is Cc1cc2c(cc1C(=O)O)N(C)C(=O)C2=C(Nc1ccc(C(=O)N2CCC(O)(CN3CCCC3)CC2)cc1)c1ccccc1. The van der Waals surface area contributed by atoms with Gasteiger partial charge in [0.15, 0.2) is 0 Å². The summed E-state index contributed by atoms with van der Waals surface area (Å²) in [7, 11) is 1.64. The molecule has 44 heavy (non-hydrogen) atoms. The zero-order chi connectivity index (χ0) is 31.0. The first-order valence-electron chi connectivity index (χ1n) is 15.2. The zero-order valence-electron chi connectivity index (χ0n) is 25.2. The molecule has 0 aromatic heterocycles. The van der Waals surface area contributed by atoms with Crippen molar-refractivity contribution in [3.63, 3.8) is 0 Å². The first-order chi connectivity index (χ1) is 21.1. The number of carboxylic acids is 1. The lowest BCUT2D eigenvalue weighted by atomic mass is 9.90. The van der Waals surface area contributed by atoms with E-state index in [1.165, 1.54) is 17.7 Å². The fourth-order valence-corrected chi connectivity index (χ4v) is 6.59. The second-order valence-electron chi connectivity index (χ2n) is 12.2. The Morgan fingerprint density at radius 3 is 2.20 bits per heavy atom. The van der Waals surface area contributed by atoms with Crippen molar-refractivity contribution in [1.82, 2.24) is 9.80 Å². The van der Waals surface area contributed by atoms with Crippen molar-refractivity contribution in [3.8, 4) is 0 Å². The van der Waals surface area contributed by atoms with Gasteiger partial charge >= 0.3 is 5.97 Å². The summed E-state index contributed by atoms with van der Waals surface area (Å²) in [5.41, 5.74) is 4.29. The number of likely N-dealkylation sites (tertiary alicyclic amines) is 2. The van der Waals surface area contributed by atoms with E-state index < -0.39 is 11.6 Å². The van der Waals surface area contributed by atoms with E-state index in [-0.39, 0.29) is 17.4 Å². The number of β-amino-alcohol motifs (C(OH)–C–C–N with tert-alkyl or cyclic N) is 1. The molecule has 0 bridgehead atoms. The van der Waals surface area contributed by atoms with Crippen molar-refractivity contribution in [1.29, 1.82) is 0 Å². The molecule has 2 amide bonds. The lowest BCUT2D eigenvalue weighted by Crippen LogP contribution is -2.51. The Bertz CT molecular complexity index is 1620. The molecule has 9 heteroatoms. The number of benzene rings is 3. The average Bonchev–Trinajstić information content (AvgIpc) is 3.61. The number of amides is 2. The van der Waals surface area contributed by atoms with Gasteiger partial charge < -0.3 is 30.2 Å². The molecule has 6 rings (SSSR count). The van der Waals surface area contributed by atoms with E-state index in [0.29, 0.717) is 71.8 Å².